The molecule has 1 aromatic heterocycles. The smallest absolute Gasteiger partial charge is 0.128 e. The maximum Gasteiger partial charge on any atom is 0.128 e. The average Bonchev–Trinajstić information content (AvgIpc) is 3.25. The summed E-state index contributed by atoms with van der Waals surface area (Å²) >= 11 is 0. The second kappa shape index (κ2) is 7.76. The van der Waals surface area contributed by atoms with Gasteiger partial charge in [0.05, 0.1) is 0 Å². The number of aromatic nitrogens is 1. The highest BCUT2D eigenvalue weighted by Gasteiger charge is 2.20. The van der Waals surface area contributed by atoms with E-state index in [1.54, 1.807) is 0 Å². The molecule has 1 aliphatic rings. The monoisotopic (exact) mass is 290 g/mol. The predicted octanol–water partition coefficient (Wildman–Crippen LogP) is 2.36. The van der Waals surface area contributed by atoms with Gasteiger partial charge in [-0.15, -0.1) is 0 Å². The highest BCUT2D eigenvalue weighted by Crippen LogP contribution is 2.20. The van der Waals surface area contributed by atoms with Gasteiger partial charge >= 0.3 is 0 Å². The molecule has 118 valence electrons. The summed E-state index contributed by atoms with van der Waals surface area (Å²) in [6, 6.07) is 5.12. The minimum Gasteiger partial charge on any atom is -0.355 e. The van der Waals surface area contributed by atoms with Gasteiger partial charge in [0, 0.05) is 38.4 Å². The molecule has 0 aromatic carbocycles. The number of pyridine rings is 1. The van der Waals surface area contributed by atoms with E-state index in [0.717, 1.165) is 38.0 Å². The molecule has 0 amide bonds. The number of likely N-dealkylation sites (N-methyl/N-ethyl adjacent to an activating group) is 1. The van der Waals surface area contributed by atoms with Crippen LogP contribution in [0.4, 0.5) is 5.82 Å². The van der Waals surface area contributed by atoms with Gasteiger partial charge in [-0.25, -0.2) is 4.98 Å². The molecular formula is C17H30N4. The third kappa shape index (κ3) is 6.02. The second-order valence-electron chi connectivity index (χ2n) is 6.82. The van der Waals surface area contributed by atoms with Gasteiger partial charge in [0.15, 0.2) is 0 Å². The zero-order valence-corrected chi connectivity index (χ0v) is 14.0. The van der Waals surface area contributed by atoms with E-state index in [1.807, 2.05) is 6.20 Å². The van der Waals surface area contributed by atoms with Crippen LogP contribution >= 0.6 is 0 Å². The standard InChI is InChI=1S/C17H30N4/c1-14(2)13-21(10-9-20(3)4)17-11-15(7-8-18-17)12-19-16-5-6-16/h7-8,11,14,16,19H,5-6,9-10,12-13H2,1-4H3. The Hall–Kier alpha value is -1.13. The first-order chi connectivity index (χ1) is 10.0. The zero-order valence-electron chi connectivity index (χ0n) is 14.0. The van der Waals surface area contributed by atoms with Crippen LogP contribution in [-0.4, -0.2) is 49.7 Å². The Morgan fingerprint density at radius 3 is 2.67 bits per heavy atom. The second-order valence-corrected chi connectivity index (χ2v) is 6.82. The zero-order chi connectivity index (χ0) is 15.2. The van der Waals surface area contributed by atoms with Crippen LogP contribution in [0.2, 0.25) is 0 Å². The van der Waals surface area contributed by atoms with Crippen LogP contribution in [0.25, 0.3) is 0 Å². The summed E-state index contributed by atoms with van der Waals surface area (Å²) in [5, 5.41) is 3.58. The van der Waals surface area contributed by atoms with E-state index in [-0.39, 0.29) is 0 Å². The van der Waals surface area contributed by atoms with Gasteiger partial charge < -0.3 is 15.1 Å². The van der Waals surface area contributed by atoms with Crippen molar-refractivity contribution in [1.82, 2.24) is 15.2 Å². The number of hydrogen-bond acceptors (Lipinski definition) is 4. The number of nitrogens with zero attached hydrogens (tertiary/aromatic N) is 3. The molecule has 1 N–H and O–H groups in total. The summed E-state index contributed by atoms with van der Waals surface area (Å²) in [6.45, 7) is 8.63. The minimum absolute atomic E-state index is 0.641. The van der Waals surface area contributed by atoms with E-state index in [2.05, 4.69) is 60.2 Å². The third-order valence-electron chi connectivity index (χ3n) is 3.71. The molecule has 0 unspecified atom stereocenters. The normalized spacial score (nSPS) is 15.0. The average molecular weight is 290 g/mol. The lowest BCUT2D eigenvalue weighted by molar-refractivity contribution is 0.408. The first-order valence-corrected chi connectivity index (χ1v) is 8.12. The van der Waals surface area contributed by atoms with Gasteiger partial charge in [-0.1, -0.05) is 13.8 Å². The van der Waals surface area contributed by atoms with Crippen molar-refractivity contribution >= 4 is 5.82 Å². The molecule has 0 atom stereocenters. The van der Waals surface area contributed by atoms with Crippen molar-refractivity contribution in [3.63, 3.8) is 0 Å². The van der Waals surface area contributed by atoms with E-state index in [9.17, 15) is 0 Å². The van der Waals surface area contributed by atoms with Gasteiger partial charge in [-0.3, -0.25) is 0 Å². The molecule has 0 aliphatic heterocycles. The maximum absolute atomic E-state index is 4.59. The summed E-state index contributed by atoms with van der Waals surface area (Å²) in [5.41, 5.74) is 1.34. The maximum atomic E-state index is 4.59. The lowest BCUT2D eigenvalue weighted by atomic mass is 10.2. The van der Waals surface area contributed by atoms with Crippen LogP contribution in [-0.2, 0) is 6.54 Å². The summed E-state index contributed by atoms with van der Waals surface area (Å²) in [6.07, 6.45) is 4.61. The predicted molar refractivity (Wildman–Crippen MR) is 89.7 cm³/mol. The van der Waals surface area contributed by atoms with Crippen LogP contribution in [0.5, 0.6) is 0 Å². The molecule has 1 aliphatic carbocycles. The molecule has 1 fully saturated rings. The van der Waals surface area contributed by atoms with Crippen molar-refractivity contribution < 1.29 is 0 Å². The number of anilines is 1. The molecule has 0 radical (unpaired) electrons. The van der Waals surface area contributed by atoms with E-state index in [1.165, 1.54) is 18.4 Å². The SMILES string of the molecule is CC(C)CN(CCN(C)C)c1cc(CNC2CC2)ccn1. The van der Waals surface area contributed by atoms with Crippen LogP contribution in [0, 0.1) is 5.92 Å². The third-order valence-corrected chi connectivity index (χ3v) is 3.71. The summed E-state index contributed by atoms with van der Waals surface area (Å²) < 4.78 is 0. The Bertz CT molecular complexity index is 427. The molecule has 4 nitrogen and oxygen atoms in total. The lowest BCUT2D eigenvalue weighted by Gasteiger charge is -2.27. The number of nitrogens with one attached hydrogen (secondary N) is 1. The van der Waals surface area contributed by atoms with E-state index >= 15 is 0 Å². The molecule has 0 saturated heterocycles. The molecule has 0 spiro atoms. The van der Waals surface area contributed by atoms with Crippen LogP contribution in [0.1, 0.15) is 32.3 Å². The molecule has 4 heteroatoms. The first kappa shape index (κ1) is 16.2. The van der Waals surface area contributed by atoms with E-state index < -0.39 is 0 Å². The number of hydrogen-bond donors (Lipinski definition) is 1. The minimum atomic E-state index is 0.641. The van der Waals surface area contributed by atoms with Gasteiger partial charge in [0.1, 0.15) is 5.82 Å². The van der Waals surface area contributed by atoms with Crippen molar-refractivity contribution in [2.75, 3.05) is 38.6 Å². The quantitative estimate of drug-likeness (QED) is 0.756. The Labute approximate surface area is 129 Å². The van der Waals surface area contributed by atoms with Gasteiger partial charge in [0.2, 0.25) is 0 Å². The fourth-order valence-corrected chi connectivity index (χ4v) is 2.35. The Morgan fingerprint density at radius 2 is 2.05 bits per heavy atom. The van der Waals surface area contributed by atoms with Crippen molar-refractivity contribution in [3.8, 4) is 0 Å². The largest absolute Gasteiger partial charge is 0.355 e. The fraction of sp³-hybridized carbons (Fsp3) is 0.706. The summed E-state index contributed by atoms with van der Waals surface area (Å²) in [5.74, 6) is 1.75. The summed E-state index contributed by atoms with van der Waals surface area (Å²) in [4.78, 5) is 9.23. The fourth-order valence-electron chi connectivity index (χ4n) is 2.35. The van der Waals surface area contributed by atoms with Crippen LogP contribution in [0.3, 0.4) is 0 Å². The molecule has 2 rings (SSSR count). The molecule has 1 heterocycles. The molecule has 0 bridgehead atoms. The lowest BCUT2D eigenvalue weighted by Crippen LogP contribution is -2.35. The van der Waals surface area contributed by atoms with E-state index in [0.29, 0.717) is 5.92 Å². The highest BCUT2D eigenvalue weighted by atomic mass is 15.2. The van der Waals surface area contributed by atoms with Crippen molar-refractivity contribution in [3.05, 3.63) is 23.9 Å². The number of rotatable bonds is 9. The Morgan fingerprint density at radius 1 is 1.29 bits per heavy atom. The van der Waals surface area contributed by atoms with Crippen molar-refractivity contribution in [2.24, 2.45) is 5.92 Å². The Kier molecular flexibility index (Phi) is 6.00. The van der Waals surface area contributed by atoms with Crippen LogP contribution < -0.4 is 10.2 Å². The van der Waals surface area contributed by atoms with Crippen LogP contribution in [0.15, 0.2) is 18.3 Å². The first-order valence-electron chi connectivity index (χ1n) is 8.12. The molecule has 1 saturated carbocycles. The van der Waals surface area contributed by atoms with Gasteiger partial charge in [-0.05, 0) is 50.6 Å². The van der Waals surface area contributed by atoms with E-state index in [4.69, 9.17) is 0 Å². The molecule has 21 heavy (non-hydrogen) atoms. The van der Waals surface area contributed by atoms with Gasteiger partial charge in [-0.2, -0.15) is 0 Å². The Balaban J connectivity index is 2.00. The molecular weight excluding hydrogens is 260 g/mol. The topological polar surface area (TPSA) is 31.4 Å². The summed E-state index contributed by atoms with van der Waals surface area (Å²) in [7, 11) is 4.24. The van der Waals surface area contributed by atoms with Crippen molar-refractivity contribution in [1.29, 1.82) is 0 Å². The van der Waals surface area contributed by atoms with Crippen molar-refractivity contribution in [2.45, 2.75) is 39.3 Å². The molecule has 1 aromatic rings. The van der Waals surface area contributed by atoms with Gasteiger partial charge in [0.25, 0.3) is 0 Å². The highest BCUT2D eigenvalue weighted by molar-refractivity contribution is 5.41.